The molecule has 0 unspecified atom stereocenters. The average Bonchev–Trinajstić information content (AvgIpc) is 3.62. The highest BCUT2D eigenvalue weighted by Gasteiger charge is 2.48. The van der Waals surface area contributed by atoms with Gasteiger partial charge in [0, 0.05) is 42.6 Å². The minimum atomic E-state index is -1.40. The van der Waals surface area contributed by atoms with Gasteiger partial charge in [0.15, 0.2) is 16.4 Å². The van der Waals surface area contributed by atoms with Crippen LogP contribution in [0.15, 0.2) is 102 Å². The van der Waals surface area contributed by atoms with Crippen LogP contribution in [0.25, 0.3) is 0 Å². The predicted molar refractivity (Wildman–Crippen MR) is 163 cm³/mol. The number of hydrogen-bond acceptors (Lipinski definition) is 5. The normalized spacial score (nSPS) is 15.8. The van der Waals surface area contributed by atoms with Crippen LogP contribution in [0.1, 0.15) is 45.5 Å². The van der Waals surface area contributed by atoms with E-state index in [0.29, 0.717) is 30.1 Å². The minimum absolute atomic E-state index is 0.241. The van der Waals surface area contributed by atoms with Crippen LogP contribution in [0.2, 0.25) is 0 Å². The van der Waals surface area contributed by atoms with Crippen LogP contribution in [0.4, 0.5) is 0 Å². The summed E-state index contributed by atoms with van der Waals surface area (Å²) in [6.45, 7) is 2.46. The molecule has 2 aliphatic carbocycles. The van der Waals surface area contributed by atoms with Crippen molar-refractivity contribution in [1.29, 1.82) is 0 Å². The molecule has 0 radical (unpaired) electrons. The lowest BCUT2D eigenvalue weighted by Crippen LogP contribution is -2.55. The highest BCUT2D eigenvalue weighted by molar-refractivity contribution is 8.00. The summed E-state index contributed by atoms with van der Waals surface area (Å²) in [5, 5.41) is 13.0. The summed E-state index contributed by atoms with van der Waals surface area (Å²) in [6, 6.07) is 31.2. The maximum Gasteiger partial charge on any atom is 0.330 e. The van der Waals surface area contributed by atoms with E-state index in [1.165, 1.54) is 5.56 Å². The molecule has 7 heteroatoms. The number of carbonyl (C=O) groups is 2. The first kappa shape index (κ1) is 27.9. The Morgan fingerprint density at radius 1 is 0.857 bits per heavy atom. The Morgan fingerprint density at radius 2 is 1.57 bits per heavy atom. The molecular weight excluding hydrogens is 546 g/mol. The molecule has 0 spiro atoms. The number of aliphatic carboxylic acids is 1. The maximum atomic E-state index is 13.5. The topological polar surface area (TPSA) is 84.9 Å². The summed E-state index contributed by atoms with van der Waals surface area (Å²) in [4.78, 5) is 26.7. The van der Waals surface area contributed by atoms with Gasteiger partial charge in [0.05, 0.1) is 6.61 Å². The van der Waals surface area contributed by atoms with Crippen molar-refractivity contribution in [2.45, 2.75) is 54.4 Å². The van der Waals surface area contributed by atoms with Crippen molar-refractivity contribution < 1.29 is 24.2 Å². The number of carbonyl (C=O) groups excluding carboxylic acids is 1. The lowest BCUT2D eigenvalue weighted by Gasteiger charge is -2.26. The molecule has 6 rings (SSSR count). The van der Waals surface area contributed by atoms with Crippen LogP contribution in [0, 0.1) is 6.92 Å². The number of hydrogen-bond donors (Lipinski definition) is 2. The van der Waals surface area contributed by atoms with Gasteiger partial charge in [-0.25, -0.2) is 4.79 Å². The highest BCUT2D eigenvalue weighted by Crippen LogP contribution is 2.53. The number of rotatable bonds is 11. The predicted octanol–water partition coefficient (Wildman–Crippen LogP) is 6.63. The van der Waals surface area contributed by atoms with Crippen molar-refractivity contribution in [1.82, 2.24) is 5.32 Å². The van der Waals surface area contributed by atoms with Gasteiger partial charge in [0.25, 0.3) is 5.91 Å². The lowest BCUT2D eigenvalue weighted by atomic mass is 9.95. The minimum Gasteiger partial charge on any atom is -0.489 e. The van der Waals surface area contributed by atoms with E-state index in [1.807, 2.05) is 48.5 Å². The van der Waals surface area contributed by atoms with Crippen LogP contribution in [-0.2, 0) is 24.1 Å². The molecule has 214 valence electrons. The number of thioether (sulfide) groups is 1. The van der Waals surface area contributed by atoms with E-state index in [1.54, 1.807) is 30.0 Å². The number of fused-ring (bicyclic) bond motifs is 1. The Balaban J connectivity index is 1.23. The summed E-state index contributed by atoms with van der Waals surface area (Å²) >= 11 is 1.69. The summed E-state index contributed by atoms with van der Waals surface area (Å²) in [5.74, 6) is -0.470. The number of nitrogens with one attached hydrogen (secondary N) is 1. The third kappa shape index (κ3) is 6.16. The molecule has 0 bridgehead atoms. The zero-order chi connectivity index (χ0) is 29.2. The largest absolute Gasteiger partial charge is 0.489 e. The van der Waals surface area contributed by atoms with Crippen molar-refractivity contribution in [2.75, 3.05) is 6.61 Å². The third-order valence-electron chi connectivity index (χ3n) is 7.80. The average molecular weight is 580 g/mol. The number of benzene rings is 4. The van der Waals surface area contributed by atoms with Gasteiger partial charge < -0.3 is 19.9 Å². The second-order valence-corrected chi connectivity index (χ2v) is 12.6. The Hall–Kier alpha value is -4.23. The molecule has 0 saturated heterocycles. The summed E-state index contributed by atoms with van der Waals surface area (Å²) in [5.41, 5.74) is 3.15. The van der Waals surface area contributed by atoms with E-state index in [0.717, 1.165) is 34.4 Å². The van der Waals surface area contributed by atoms with Gasteiger partial charge in [-0.2, -0.15) is 0 Å². The first-order valence-electron chi connectivity index (χ1n) is 14.2. The fourth-order valence-corrected chi connectivity index (χ4v) is 6.58. The number of carboxylic acids is 1. The fraction of sp³-hybridized carbons (Fsp3) is 0.257. The molecule has 1 saturated carbocycles. The number of amides is 1. The van der Waals surface area contributed by atoms with Crippen molar-refractivity contribution in [2.24, 2.45) is 0 Å². The number of carboxylic acid groups (broad SMARTS) is 1. The van der Waals surface area contributed by atoms with Crippen molar-refractivity contribution in [3.8, 4) is 11.5 Å². The van der Waals surface area contributed by atoms with E-state index < -0.39 is 17.4 Å². The molecular formula is C35H33NO5S. The van der Waals surface area contributed by atoms with Crippen LogP contribution >= 0.6 is 11.8 Å². The van der Waals surface area contributed by atoms with E-state index in [4.69, 9.17) is 9.47 Å². The standard InChI is InChI=1S/C35H33NO5S/c1-24-8-7-9-25(20-24)16-19-40-31-21-26(14-15-30(31)41-35(17-18-35)42-29-12-3-2-4-13-29)32(37)36-34(33(38)39)22-27-10-5-6-11-28(27)23-34/h2-15,20-21H,16-19,22-23H2,1H3,(H,36,37)(H,38,39). The Bertz CT molecular complexity index is 1590. The van der Waals surface area contributed by atoms with Gasteiger partial charge >= 0.3 is 5.97 Å². The third-order valence-corrected chi connectivity index (χ3v) is 9.17. The first-order valence-corrected chi connectivity index (χ1v) is 15.0. The van der Waals surface area contributed by atoms with Crippen molar-refractivity contribution >= 4 is 23.6 Å². The molecule has 2 aliphatic rings. The second kappa shape index (κ2) is 11.6. The molecule has 1 amide bonds. The Morgan fingerprint density at radius 3 is 2.24 bits per heavy atom. The molecule has 0 heterocycles. The van der Waals surface area contributed by atoms with Gasteiger partial charge in [-0.05, 0) is 53.9 Å². The van der Waals surface area contributed by atoms with Crippen LogP contribution in [0.3, 0.4) is 0 Å². The van der Waals surface area contributed by atoms with Gasteiger partial charge in [0.2, 0.25) is 0 Å². The lowest BCUT2D eigenvalue weighted by molar-refractivity contribution is -0.144. The second-order valence-electron chi connectivity index (χ2n) is 11.1. The molecule has 0 aliphatic heterocycles. The van der Waals surface area contributed by atoms with E-state index >= 15 is 0 Å². The molecule has 4 aromatic rings. The highest BCUT2D eigenvalue weighted by atomic mass is 32.2. The number of ether oxygens (including phenoxy) is 2. The monoisotopic (exact) mass is 579 g/mol. The molecule has 4 aromatic carbocycles. The molecule has 0 atom stereocenters. The van der Waals surface area contributed by atoms with Gasteiger partial charge in [-0.3, -0.25) is 4.79 Å². The van der Waals surface area contributed by atoms with Gasteiger partial charge in [-0.15, -0.1) is 0 Å². The number of aryl methyl sites for hydroxylation is 1. The first-order chi connectivity index (χ1) is 20.3. The molecule has 0 aromatic heterocycles. The Kier molecular flexibility index (Phi) is 7.69. The summed E-state index contributed by atoms with van der Waals surface area (Å²) in [7, 11) is 0. The van der Waals surface area contributed by atoms with Crippen LogP contribution in [-0.4, -0.2) is 34.1 Å². The van der Waals surface area contributed by atoms with E-state index in [-0.39, 0.29) is 17.8 Å². The Labute approximate surface area is 250 Å². The zero-order valence-electron chi connectivity index (χ0n) is 23.5. The van der Waals surface area contributed by atoms with Crippen LogP contribution in [0.5, 0.6) is 11.5 Å². The van der Waals surface area contributed by atoms with Crippen LogP contribution < -0.4 is 14.8 Å². The molecule has 6 nitrogen and oxygen atoms in total. The SMILES string of the molecule is Cc1cccc(CCOc2cc(C(=O)NC3(C(=O)O)Cc4ccccc4C3)ccc2OC2(Sc3ccccc3)CC2)c1. The summed E-state index contributed by atoms with van der Waals surface area (Å²) < 4.78 is 12.8. The van der Waals surface area contributed by atoms with Gasteiger partial charge in [0.1, 0.15) is 5.54 Å². The molecule has 2 N–H and O–H groups in total. The van der Waals surface area contributed by atoms with Gasteiger partial charge in [-0.1, -0.05) is 84.1 Å². The fourth-order valence-electron chi connectivity index (χ4n) is 5.42. The maximum absolute atomic E-state index is 13.5. The quantitative estimate of drug-likeness (QED) is 0.194. The van der Waals surface area contributed by atoms with Crippen molar-refractivity contribution in [3.63, 3.8) is 0 Å². The molecule has 1 fully saturated rings. The zero-order valence-corrected chi connectivity index (χ0v) is 24.3. The van der Waals surface area contributed by atoms with E-state index in [2.05, 4.69) is 42.6 Å². The van der Waals surface area contributed by atoms with E-state index in [9.17, 15) is 14.7 Å². The smallest absolute Gasteiger partial charge is 0.330 e. The molecule has 42 heavy (non-hydrogen) atoms. The van der Waals surface area contributed by atoms with Crippen molar-refractivity contribution in [3.05, 3.63) is 125 Å². The summed E-state index contributed by atoms with van der Waals surface area (Å²) in [6.07, 6.45) is 2.98.